The topological polar surface area (TPSA) is 21.7 Å². The Balaban J connectivity index is 2.18. The summed E-state index contributed by atoms with van der Waals surface area (Å²) >= 11 is 0. The van der Waals surface area contributed by atoms with E-state index in [2.05, 4.69) is 17.9 Å². The highest BCUT2D eigenvalue weighted by Gasteiger charge is 2.21. The second kappa shape index (κ2) is 4.53. The highest BCUT2D eigenvalue weighted by molar-refractivity contribution is 5.59. The van der Waals surface area contributed by atoms with Crippen molar-refractivity contribution in [3.05, 3.63) is 24.3 Å². The van der Waals surface area contributed by atoms with Crippen LogP contribution >= 0.6 is 0 Å². The van der Waals surface area contributed by atoms with E-state index in [1.165, 1.54) is 5.69 Å². The molecule has 0 saturated carbocycles. The maximum Gasteiger partial charge on any atom is 0.143 e. The average Bonchev–Trinajstić information content (AvgIpc) is 2.25. The summed E-state index contributed by atoms with van der Waals surface area (Å²) in [5.74, 6) is 0.979. The first-order chi connectivity index (χ1) is 7.31. The number of anilines is 1. The lowest BCUT2D eigenvalue weighted by Gasteiger charge is -2.34. The standard InChI is InChI=1S/C12H17NO2/c1-10-9-13(7-8-14-2)11-5-3-4-6-12(11)15-10/h3-6,10H,7-9H2,1-2H3. The van der Waals surface area contributed by atoms with Gasteiger partial charge in [-0.1, -0.05) is 12.1 Å². The minimum Gasteiger partial charge on any atom is -0.487 e. The zero-order valence-corrected chi connectivity index (χ0v) is 9.27. The number of nitrogens with zero attached hydrogens (tertiary/aromatic N) is 1. The number of hydrogen-bond acceptors (Lipinski definition) is 3. The second-order valence-corrected chi connectivity index (χ2v) is 3.84. The molecule has 0 aliphatic carbocycles. The molecular formula is C12H17NO2. The van der Waals surface area contributed by atoms with E-state index in [1.54, 1.807) is 7.11 Å². The minimum atomic E-state index is 0.247. The van der Waals surface area contributed by atoms with Gasteiger partial charge < -0.3 is 14.4 Å². The normalized spacial score (nSPS) is 19.6. The molecule has 15 heavy (non-hydrogen) atoms. The van der Waals surface area contributed by atoms with Gasteiger partial charge in [0, 0.05) is 13.7 Å². The Hall–Kier alpha value is -1.22. The van der Waals surface area contributed by atoms with Crippen LogP contribution in [0.5, 0.6) is 5.75 Å². The summed E-state index contributed by atoms with van der Waals surface area (Å²) in [6.07, 6.45) is 0.247. The minimum absolute atomic E-state index is 0.247. The number of fused-ring (bicyclic) bond motifs is 1. The molecule has 0 saturated heterocycles. The number of rotatable bonds is 3. The molecule has 3 heteroatoms. The molecule has 0 N–H and O–H groups in total. The molecule has 0 amide bonds. The molecule has 1 aliphatic heterocycles. The van der Waals surface area contributed by atoms with Crippen LogP contribution in [0.3, 0.4) is 0 Å². The Morgan fingerprint density at radius 3 is 3.07 bits per heavy atom. The molecule has 0 radical (unpaired) electrons. The molecule has 1 aliphatic rings. The summed E-state index contributed by atoms with van der Waals surface area (Å²) < 4.78 is 10.9. The quantitative estimate of drug-likeness (QED) is 0.756. The summed E-state index contributed by atoms with van der Waals surface area (Å²) in [5, 5.41) is 0. The smallest absolute Gasteiger partial charge is 0.143 e. The van der Waals surface area contributed by atoms with Crippen molar-refractivity contribution >= 4 is 5.69 Å². The van der Waals surface area contributed by atoms with Crippen LogP contribution in [0.15, 0.2) is 24.3 Å². The van der Waals surface area contributed by atoms with E-state index in [-0.39, 0.29) is 6.10 Å². The Bertz CT molecular complexity index is 327. The van der Waals surface area contributed by atoms with E-state index in [4.69, 9.17) is 9.47 Å². The van der Waals surface area contributed by atoms with Crippen molar-refractivity contribution in [3.8, 4) is 5.75 Å². The summed E-state index contributed by atoms with van der Waals surface area (Å²) in [6.45, 7) is 4.69. The Morgan fingerprint density at radius 2 is 2.27 bits per heavy atom. The zero-order chi connectivity index (χ0) is 10.7. The van der Waals surface area contributed by atoms with Crippen LogP contribution in [-0.2, 0) is 4.74 Å². The third-order valence-electron chi connectivity index (χ3n) is 2.58. The first-order valence-corrected chi connectivity index (χ1v) is 5.31. The van der Waals surface area contributed by atoms with E-state index in [9.17, 15) is 0 Å². The van der Waals surface area contributed by atoms with Crippen LogP contribution in [0.1, 0.15) is 6.92 Å². The molecule has 2 rings (SSSR count). The van der Waals surface area contributed by atoms with Gasteiger partial charge in [-0.3, -0.25) is 0 Å². The molecule has 1 unspecified atom stereocenters. The molecule has 0 spiro atoms. The van der Waals surface area contributed by atoms with Crippen LogP contribution in [-0.4, -0.2) is 32.9 Å². The number of hydrogen-bond donors (Lipinski definition) is 0. The zero-order valence-electron chi connectivity index (χ0n) is 9.27. The van der Waals surface area contributed by atoms with Crippen molar-refractivity contribution in [2.45, 2.75) is 13.0 Å². The van der Waals surface area contributed by atoms with E-state index < -0.39 is 0 Å². The van der Waals surface area contributed by atoms with Gasteiger partial charge >= 0.3 is 0 Å². The van der Waals surface area contributed by atoms with Crippen LogP contribution in [0.4, 0.5) is 5.69 Å². The highest BCUT2D eigenvalue weighted by Crippen LogP contribution is 2.32. The average molecular weight is 207 g/mol. The fourth-order valence-electron chi connectivity index (χ4n) is 1.89. The predicted octanol–water partition coefficient (Wildman–Crippen LogP) is 1.92. The van der Waals surface area contributed by atoms with Crippen LogP contribution in [0.25, 0.3) is 0 Å². The van der Waals surface area contributed by atoms with Gasteiger partial charge in [-0.25, -0.2) is 0 Å². The first kappa shape index (κ1) is 10.3. The summed E-state index contributed by atoms with van der Waals surface area (Å²) in [5.41, 5.74) is 1.17. The van der Waals surface area contributed by atoms with Gasteiger partial charge in [0.15, 0.2) is 0 Å². The van der Waals surface area contributed by atoms with E-state index in [1.807, 2.05) is 18.2 Å². The van der Waals surface area contributed by atoms with Gasteiger partial charge in [-0.05, 0) is 19.1 Å². The third-order valence-corrected chi connectivity index (χ3v) is 2.58. The number of ether oxygens (including phenoxy) is 2. The van der Waals surface area contributed by atoms with Crippen molar-refractivity contribution in [1.29, 1.82) is 0 Å². The molecule has 0 aromatic heterocycles. The Kier molecular flexibility index (Phi) is 3.11. The van der Waals surface area contributed by atoms with Gasteiger partial charge in [0.1, 0.15) is 11.9 Å². The molecule has 1 heterocycles. The maximum atomic E-state index is 5.76. The van der Waals surface area contributed by atoms with Crippen molar-refractivity contribution < 1.29 is 9.47 Å². The number of benzene rings is 1. The van der Waals surface area contributed by atoms with Crippen LogP contribution in [0.2, 0.25) is 0 Å². The Labute approximate surface area is 90.6 Å². The van der Waals surface area contributed by atoms with Crippen LogP contribution in [0, 0.1) is 0 Å². The molecule has 3 nitrogen and oxygen atoms in total. The largest absolute Gasteiger partial charge is 0.487 e. The third kappa shape index (κ3) is 2.23. The molecule has 1 aromatic carbocycles. The molecular weight excluding hydrogens is 190 g/mol. The van der Waals surface area contributed by atoms with Gasteiger partial charge in [-0.15, -0.1) is 0 Å². The maximum absolute atomic E-state index is 5.76. The van der Waals surface area contributed by atoms with Gasteiger partial charge in [0.2, 0.25) is 0 Å². The van der Waals surface area contributed by atoms with Crippen molar-refractivity contribution in [3.63, 3.8) is 0 Å². The lowest BCUT2D eigenvalue weighted by molar-refractivity contribution is 0.186. The van der Waals surface area contributed by atoms with E-state index in [0.29, 0.717) is 0 Å². The predicted molar refractivity (Wildman–Crippen MR) is 60.6 cm³/mol. The summed E-state index contributed by atoms with van der Waals surface area (Å²) in [4.78, 5) is 2.31. The summed E-state index contributed by atoms with van der Waals surface area (Å²) in [6, 6.07) is 8.16. The molecule has 0 fully saturated rings. The van der Waals surface area contributed by atoms with Gasteiger partial charge in [-0.2, -0.15) is 0 Å². The highest BCUT2D eigenvalue weighted by atomic mass is 16.5. The lowest BCUT2D eigenvalue weighted by atomic mass is 10.2. The fraction of sp³-hybridized carbons (Fsp3) is 0.500. The van der Waals surface area contributed by atoms with Crippen molar-refractivity contribution in [1.82, 2.24) is 0 Å². The number of methoxy groups -OCH3 is 1. The lowest BCUT2D eigenvalue weighted by Crippen LogP contribution is -2.40. The first-order valence-electron chi connectivity index (χ1n) is 5.31. The van der Waals surface area contributed by atoms with Crippen molar-refractivity contribution in [2.24, 2.45) is 0 Å². The molecule has 1 aromatic rings. The molecule has 1 atom stereocenters. The number of para-hydroxylation sites is 2. The monoisotopic (exact) mass is 207 g/mol. The second-order valence-electron chi connectivity index (χ2n) is 3.84. The van der Waals surface area contributed by atoms with E-state index in [0.717, 1.165) is 25.4 Å². The van der Waals surface area contributed by atoms with Gasteiger partial charge in [0.05, 0.1) is 18.8 Å². The van der Waals surface area contributed by atoms with E-state index >= 15 is 0 Å². The molecule has 82 valence electrons. The molecule has 0 bridgehead atoms. The SMILES string of the molecule is COCCN1CC(C)Oc2ccccc21. The fourth-order valence-corrected chi connectivity index (χ4v) is 1.89. The summed E-state index contributed by atoms with van der Waals surface area (Å²) in [7, 11) is 1.73. The van der Waals surface area contributed by atoms with Crippen molar-refractivity contribution in [2.75, 3.05) is 31.7 Å². The van der Waals surface area contributed by atoms with Gasteiger partial charge in [0.25, 0.3) is 0 Å². The Morgan fingerprint density at radius 1 is 1.47 bits per heavy atom. The van der Waals surface area contributed by atoms with Crippen LogP contribution < -0.4 is 9.64 Å².